The quantitative estimate of drug-likeness (QED) is 0.453. The second-order valence-electron chi connectivity index (χ2n) is 5.89. The average Bonchev–Trinajstić information content (AvgIpc) is 3.21. The van der Waals surface area contributed by atoms with Crippen LogP contribution in [0.25, 0.3) is 10.7 Å². The summed E-state index contributed by atoms with van der Waals surface area (Å²) in [4.78, 5) is 13.1. The lowest BCUT2D eigenvalue weighted by Crippen LogP contribution is -2.28. The van der Waals surface area contributed by atoms with E-state index in [0.717, 1.165) is 23.7 Å². The van der Waals surface area contributed by atoms with Crippen molar-refractivity contribution in [3.63, 3.8) is 0 Å². The molecule has 0 aliphatic carbocycles. The van der Waals surface area contributed by atoms with E-state index in [1.54, 1.807) is 15.9 Å². The number of nitrogens with one attached hydrogen (secondary N) is 2. The average molecular weight is 367 g/mol. The number of hydrogen-bond acceptors (Lipinski definition) is 4. The highest BCUT2D eigenvalue weighted by atomic mass is 32.1. The minimum absolute atomic E-state index is 0.0173. The number of aromatic nitrogens is 3. The van der Waals surface area contributed by atoms with Gasteiger partial charge >= 0.3 is 0 Å². The zero-order chi connectivity index (χ0) is 17.2. The van der Waals surface area contributed by atoms with E-state index in [4.69, 9.17) is 12.2 Å². The Balaban J connectivity index is 1.72. The molecular weight excluding hydrogens is 340 g/mol. The Labute approximate surface area is 152 Å². The molecule has 0 unspecified atom stereocenters. The van der Waals surface area contributed by atoms with Gasteiger partial charge in [-0.3, -0.25) is 14.5 Å². The molecule has 0 saturated heterocycles. The molecule has 5 nitrogen and oxygen atoms in total. The predicted molar refractivity (Wildman–Crippen MR) is 102 cm³/mol. The normalized spacial score (nSPS) is 10.9. The van der Waals surface area contributed by atoms with E-state index in [-0.39, 0.29) is 12.5 Å². The first-order chi connectivity index (χ1) is 11.7. The number of hydrogen-bond donors (Lipinski definition) is 2. The van der Waals surface area contributed by atoms with E-state index in [1.165, 1.54) is 38.5 Å². The van der Waals surface area contributed by atoms with E-state index in [2.05, 4.69) is 22.4 Å². The fourth-order valence-corrected chi connectivity index (χ4v) is 3.49. The number of amides is 1. The van der Waals surface area contributed by atoms with Crippen LogP contribution in [0.1, 0.15) is 51.9 Å². The number of nitrogens with zero attached hydrogens (tertiary/aromatic N) is 2. The maximum Gasteiger partial charge on any atom is 0.240 e. The van der Waals surface area contributed by atoms with Crippen LogP contribution >= 0.6 is 23.6 Å². The van der Waals surface area contributed by atoms with Gasteiger partial charge in [-0.25, -0.2) is 0 Å². The lowest BCUT2D eigenvalue weighted by atomic mass is 10.1. The lowest BCUT2D eigenvalue weighted by molar-refractivity contribution is -0.121. The number of thiophene rings is 1. The van der Waals surface area contributed by atoms with Gasteiger partial charge in [-0.15, -0.1) is 11.3 Å². The first-order valence-corrected chi connectivity index (χ1v) is 9.97. The largest absolute Gasteiger partial charge is 0.355 e. The van der Waals surface area contributed by atoms with E-state index < -0.39 is 0 Å². The summed E-state index contributed by atoms with van der Waals surface area (Å²) in [5.41, 5.74) is 0. The van der Waals surface area contributed by atoms with Gasteiger partial charge in [0.15, 0.2) is 10.6 Å². The number of unbranched alkanes of at least 4 members (excludes halogenated alkanes) is 6. The van der Waals surface area contributed by atoms with Crippen molar-refractivity contribution in [1.82, 2.24) is 20.1 Å². The number of carbonyl (C=O) groups is 1. The molecule has 7 heteroatoms. The molecule has 1 amide bonds. The van der Waals surface area contributed by atoms with Crippen LogP contribution in [0.5, 0.6) is 0 Å². The molecule has 0 bridgehead atoms. The van der Waals surface area contributed by atoms with Crippen LogP contribution in [0, 0.1) is 4.77 Å². The SMILES string of the molecule is CCCCCCCCCNC(=O)Cn1c(-c2cccs2)n[nH]c1=S. The van der Waals surface area contributed by atoms with Gasteiger partial charge < -0.3 is 5.32 Å². The molecule has 0 saturated carbocycles. The smallest absolute Gasteiger partial charge is 0.240 e. The summed E-state index contributed by atoms with van der Waals surface area (Å²) in [6.07, 6.45) is 8.70. The Bertz CT molecular complexity index is 660. The van der Waals surface area contributed by atoms with Gasteiger partial charge in [-0.05, 0) is 30.1 Å². The first kappa shape index (κ1) is 18.9. The molecule has 0 atom stereocenters. The van der Waals surface area contributed by atoms with Gasteiger partial charge in [0.2, 0.25) is 5.91 Å². The summed E-state index contributed by atoms with van der Waals surface area (Å²) in [7, 11) is 0. The Hall–Kier alpha value is -1.47. The van der Waals surface area contributed by atoms with Crippen molar-refractivity contribution in [3.8, 4) is 10.7 Å². The van der Waals surface area contributed by atoms with Gasteiger partial charge in [-0.1, -0.05) is 51.5 Å². The fourth-order valence-electron chi connectivity index (χ4n) is 2.57. The number of H-pyrrole nitrogens is 1. The first-order valence-electron chi connectivity index (χ1n) is 8.68. The molecule has 2 heterocycles. The van der Waals surface area contributed by atoms with Gasteiger partial charge in [0.25, 0.3) is 0 Å². The van der Waals surface area contributed by atoms with Gasteiger partial charge in [0.05, 0.1) is 4.88 Å². The summed E-state index contributed by atoms with van der Waals surface area (Å²) < 4.78 is 2.23. The molecule has 0 aliphatic rings. The van der Waals surface area contributed by atoms with Crippen LogP contribution in [-0.4, -0.2) is 27.2 Å². The molecule has 132 valence electrons. The third kappa shape index (κ3) is 5.87. The van der Waals surface area contributed by atoms with E-state index in [9.17, 15) is 4.79 Å². The Morgan fingerprint density at radius 3 is 2.75 bits per heavy atom. The van der Waals surface area contributed by atoms with Crippen LogP contribution in [0.15, 0.2) is 17.5 Å². The molecule has 2 aromatic rings. The second kappa shape index (κ2) is 10.4. The minimum Gasteiger partial charge on any atom is -0.355 e. The third-order valence-corrected chi connectivity index (χ3v) is 5.08. The summed E-state index contributed by atoms with van der Waals surface area (Å²) >= 11 is 6.82. The van der Waals surface area contributed by atoms with E-state index in [1.807, 2.05) is 17.5 Å². The summed E-state index contributed by atoms with van der Waals surface area (Å²) in [5, 5.41) is 12.0. The monoisotopic (exact) mass is 366 g/mol. The van der Waals surface area contributed by atoms with E-state index >= 15 is 0 Å². The Morgan fingerprint density at radius 2 is 2.04 bits per heavy atom. The van der Waals surface area contributed by atoms with Crippen molar-refractivity contribution < 1.29 is 4.79 Å². The Kier molecular flexibility index (Phi) is 8.18. The highest BCUT2D eigenvalue weighted by Gasteiger charge is 2.12. The summed E-state index contributed by atoms with van der Waals surface area (Å²) in [6, 6.07) is 3.94. The molecule has 0 fully saturated rings. The molecule has 0 radical (unpaired) electrons. The maximum atomic E-state index is 12.1. The van der Waals surface area contributed by atoms with Crippen LogP contribution in [-0.2, 0) is 11.3 Å². The zero-order valence-electron chi connectivity index (χ0n) is 14.2. The molecular formula is C17H26N4OS2. The predicted octanol–water partition coefficient (Wildman–Crippen LogP) is 4.54. The molecule has 0 aromatic carbocycles. The van der Waals surface area contributed by atoms with Crippen LogP contribution < -0.4 is 5.32 Å². The van der Waals surface area contributed by atoms with Crippen LogP contribution in [0.3, 0.4) is 0 Å². The highest BCUT2D eigenvalue weighted by Crippen LogP contribution is 2.22. The topological polar surface area (TPSA) is 62.7 Å². The molecule has 2 N–H and O–H groups in total. The van der Waals surface area contributed by atoms with Crippen LogP contribution in [0.2, 0.25) is 0 Å². The minimum atomic E-state index is -0.0173. The molecule has 2 aromatic heterocycles. The van der Waals surface area contributed by atoms with Crippen molar-refractivity contribution in [3.05, 3.63) is 22.3 Å². The third-order valence-electron chi connectivity index (χ3n) is 3.90. The van der Waals surface area contributed by atoms with Crippen molar-refractivity contribution in [2.75, 3.05) is 6.54 Å². The highest BCUT2D eigenvalue weighted by molar-refractivity contribution is 7.71. The Morgan fingerprint density at radius 1 is 1.29 bits per heavy atom. The number of carbonyl (C=O) groups excluding carboxylic acids is 1. The van der Waals surface area contributed by atoms with Gasteiger partial charge in [-0.2, -0.15) is 5.10 Å². The van der Waals surface area contributed by atoms with Crippen LogP contribution in [0.4, 0.5) is 0 Å². The summed E-state index contributed by atoms with van der Waals surface area (Å²) in [5.74, 6) is 0.706. The molecule has 0 aliphatic heterocycles. The molecule has 24 heavy (non-hydrogen) atoms. The van der Waals surface area contributed by atoms with E-state index in [0.29, 0.717) is 4.77 Å². The standard InChI is InChI=1S/C17H26N4OS2/c1-2-3-4-5-6-7-8-11-18-15(22)13-21-16(19-20-17(21)23)14-10-9-12-24-14/h9-10,12H,2-8,11,13H2,1H3,(H,18,22)(H,20,23). The second-order valence-corrected chi connectivity index (χ2v) is 7.22. The molecule has 2 rings (SSSR count). The molecule has 0 spiro atoms. The lowest BCUT2D eigenvalue weighted by Gasteiger charge is -2.07. The van der Waals surface area contributed by atoms with Gasteiger partial charge in [0, 0.05) is 6.54 Å². The summed E-state index contributed by atoms with van der Waals surface area (Å²) in [6.45, 7) is 3.16. The number of aromatic amines is 1. The number of rotatable bonds is 11. The maximum absolute atomic E-state index is 12.1. The fraction of sp³-hybridized carbons (Fsp3) is 0.588. The van der Waals surface area contributed by atoms with Crippen molar-refractivity contribution in [2.45, 2.75) is 58.4 Å². The zero-order valence-corrected chi connectivity index (χ0v) is 15.8. The van der Waals surface area contributed by atoms with Crippen molar-refractivity contribution >= 4 is 29.5 Å². The van der Waals surface area contributed by atoms with Gasteiger partial charge in [0.1, 0.15) is 6.54 Å². The van der Waals surface area contributed by atoms with Crippen molar-refractivity contribution in [1.29, 1.82) is 0 Å². The van der Waals surface area contributed by atoms with Crippen molar-refractivity contribution in [2.24, 2.45) is 0 Å².